The van der Waals surface area contributed by atoms with Gasteiger partial charge in [-0.05, 0) is 13.8 Å². The number of nitrogens with zero attached hydrogens (tertiary/aromatic N) is 3. The van der Waals surface area contributed by atoms with Crippen molar-refractivity contribution in [3.8, 4) is 10.8 Å². The highest BCUT2D eigenvalue weighted by molar-refractivity contribution is 7.15. The normalized spacial score (nSPS) is 11.4. The highest BCUT2D eigenvalue weighted by Crippen LogP contribution is 2.28. The van der Waals surface area contributed by atoms with Crippen LogP contribution in [0.2, 0.25) is 0 Å². The zero-order chi connectivity index (χ0) is 13.1. The smallest absolute Gasteiger partial charge is 0.259 e. The molecule has 0 atom stereocenters. The summed E-state index contributed by atoms with van der Waals surface area (Å²) in [6, 6.07) is 0.471. The Labute approximate surface area is 111 Å². The number of hydrogen-bond donors (Lipinski definition) is 1. The average Bonchev–Trinajstić information content (AvgIpc) is 2.85. The first-order valence-electron chi connectivity index (χ1n) is 6.06. The molecule has 0 aliphatic carbocycles. The summed E-state index contributed by atoms with van der Waals surface area (Å²) in [5.74, 6) is 1.25. The quantitative estimate of drug-likeness (QED) is 0.900. The molecule has 0 saturated carbocycles. The van der Waals surface area contributed by atoms with Crippen molar-refractivity contribution in [2.75, 3.05) is 6.54 Å². The molecule has 0 spiro atoms. The molecule has 0 aromatic carbocycles. The average molecular weight is 266 g/mol. The molecule has 18 heavy (non-hydrogen) atoms. The predicted molar refractivity (Wildman–Crippen MR) is 71.7 cm³/mol. The van der Waals surface area contributed by atoms with Gasteiger partial charge in [-0.3, -0.25) is 0 Å². The second kappa shape index (κ2) is 5.58. The first kappa shape index (κ1) is 13.2. The second-order valence-electron chi connectivity index (χ2n) is 4.51. The summed E-state index contributed by atoms with van der Waals surface area (Å²) < 4.78 is 5.65. The fraction of sp³-hybridized carbons (Fsp3) is 0.583. The van der Waals surface area contributed by atoms with Crippen molar-refractivity contribution in [3.05, 3.63) is 16.6 Å². The van der Waals surface area contributed by atoms with Gasteiger partial charge in [-0.15, -0.1) is 21.5 Å². The summed E-state index contributed by atoms with van der Waals surface area (Å²) in [7, 11) is 0. The molecule has 0 amide bonds. The van der Waals surface area contributed by atoms with E-state index in [2.05, 4.69) is 34.3 Å². The maximum Gasteiger partial charge on any atom is 0.259 e. The zero-order valence-corrected chi connectivity index (χ0v) is 12.0. The molecule has 0 radical (unpaired) electrons. The van der Waals surface area contributed by atoms with Crippen LogP contribution in [-0.4, -0.2) is 27.8 Å². The molecule has 2 aromatic heterocycles. The van der Waals surface area contributed by atoms with Crippen molar-refractivity contribution in [2.24, 2.45) is 0 Å². The van der Waals surface area contributed by atoms with Gasteiger partial charge in [-0.25, -0.2) is 4.98 Å². The summed E-state index contributed by atoms with van der Waals surface area (Å²) >= 11 is 1.59. The molecule has 6 heteroatoms. The van der Waals surface area contributed by atoms with Crippen LogP contribution in [0.3, 0.4) is 0 Å². The Morgan fingerprint density at radius 1 is 1.28 bits per heavy atom. The fourth-order valence-electron chi connectivity index (χ4n) is 1.64. The Morgan fingerprint density at radius 3 is 2.67 bits per heavy atom. The van der Waals surface area contributed by atoms with Crippen molar-refractivity contribution in [3.63, 3.8) is 0 Å². The lowest BCUT2D eigenvalue weighted by molar-refractivity contribution is 0.485. The highest BCUT2D eigenvalue weighted by atomic mass is 32.1. The summed E-state index contributed by atoms with van der Waals surface area (Å²) in [5, 5.41) is 12.5. The van der Waals surface area contributed by atoms with E-state index in [1.807, 2.05) is 13.8 Å². The van der Waals surface area contributed by atoms with Crippen LogP contribution in [0.1, 0.15) is 30.4 Å². The lowest BCUT2D eigenvalue weighted by Gasteiger charge is -2.04. The topological polar surface area (TPSA) is 63.8 Å². The van der Waals surface area contributed by atoms with Gasteiger partial charge in [0.15, 0.2) is 0 Å². The van der Waals surface area contributed by atoms with E-state index in [0.29, 0.717) is 17.8 Å². The van der Waals surface area contributed by atoms with Crippen LogP contribution < -0.4 is 5.32 Å². The van der Waals surface area contributed by atoms with E-state index in [9.17, 15) is 0 Å². The highest BCUT2D eigenvalue weighted by Gasteiger charge is 2.14. The zero-order valence-electron chi connectivity index (χ0n) is 11.1. The van der Waals surface area contributed by atoms with Crippen LogP contribution in [0.4, 0.5) is 0 Å². The van der Waals surface area contributed by atoms with Crippen molar-refractivity contribution in [1.29, 1.82) is 0 Å². The fourth-order valence-corrected chi connectivity index (χ4v) is 2.49. The maximum atomic E-state index is 5.65. The first-order chi connectivity index (χ1) is 8.56. The van der Waals surface area contributed by atoms with E-state index in [4.69, 9.17) is 4.42 Å². The molecule has 0 bridgehead atoms. The van der Waals surface area contributed by atoms with Gasteiger partial charge >= 0.3 is 0 Å². The lowest BCUT2D eigenvalue weighted by Crippen LogP contribution is -2.25. The largest absolute Gasteiger partial charge is 0.420 e. The third-order valence-electron chi connectivity index (χ3n) is 2.46. The molecule has 2 heterocycles. The molecule has 0 fully saturated rings. The molecule has 0 saturated heterocycles. The van der Waals surface area contributed by atoms with E-state index < -0.39 is 0 Å². The number of aryl methyl sites for hydroxylation is 2. The number of rotatable bonds is 5. The van der Waals surface area contributed by atoms with Gasteiger partial charge in [0, 0.05) is 19.0 Å². The molecule has 0 aliphatic heterocycles. The monoisotopic (exact) mass is 266 g/mol. The molecule has 98 valence electrons. The number of thiazole rings is 1. The van der Waals surface area contributed by atoms with Gasteiger partial charge in [-0.2, -0.15) is 0 Å². The van der Waals surface area contributed by atoms with Gasteiger partial charge in [0.1, 0.15) is 4.88 Å². The molecular weight excluding hydrogens is 248 g/mol. The van der Waals surface area contributed by atoms with Gasteiger partial charge in [-0.1, -0.05) is 13.8 Å². The standard InChI is InChI=1S/C12H18N4OS/c1-7(2)13-6-5-10-15-16-12(17-10)11-8(3)14-9(4)18-11/h7,13H,5-6H2,1-4H3. The summed E-state index contributed by atoms with van der Waals surface area (Å²) in [6.45, 7) is 9.01. The van der Waals surface area contributed by atoms with Gasteiger partial charge < -0.3 is 9.73 Å². The van der Waals surface area contributed by atoms with Gasteiger partial charge in [0.25, 0.3) is 5.89 Å². The van der Waals surface area contributed by atoms with Crippen molar-refractivity contribution in [2.45, 2.75) is 40.2 Å². The Morgan fingerprint density at radius 2 is 2.06 bits per heavy atom. The molecular formula is C12H18N4OS. The molecule has 1 N–H and O–H groups in total. The van der Waals surface area contributed by atoms with E-state index >= 15 is 0 Å². The Kier molecular flexibility index (Phi) is 4.08. The van der Waals surface area contributed by atoms with Crippen molar-refractivity contribution >= 4 is 11.3 Å². The minimum absolute atomic E-state index is 0.471. The van der Waals surface area contributed by atoms with Crippen molar-refractivity contribution < 1.29 is 4.42 Å². The van der Waals surface area contributed by atoms with Gasteiger partial charge in [0.2, 0.25) is 5.89 Å². The minimum Gasteiger partial charge on any atom is -0.420 e. The van der Waals surface area contributed by atoms with Gasteiger partial charge in [0.05, 0.1) is 10.7 Å². The number of nitrogens with one attached hydrogen (secondary N) is 1. The first-order valence-corrected chi connectivity index (χ1v) is 6.88. The van der Waals surface area contributed by atoms with Crippen LogP contribution in [-0.2, 0) is 6.42 Å². The SMILES string of the molecule is Cc1nc(C)c(-c2nnc(CCNC(C)C)o2)s1. The summed E-state index contributed by atoms with van der Waals surface area (Å²) in [4.78, 5) is 5.34. The maximum absolute atomic E-state index is 5.65. The van der Waals surface area contributed by atoms with E-state index in [0.717, 1.165) is 28.5 Å². The lowest BCUT2D eigenvalue weighted by atomic mass is 10.3. The third-order valence-corrected chi connectivity index (χ3v) is 3.52. The van der Waals surface area contributed by atoms with E-state index in [-0.39, 0.29) is 0 Å². The Hall–Kier alpha value is -1.27. The summed E-state index contributed by atoms with van der Waals surface area (Å²) in [6.07, 6.45) is 0.752. The van der Waals surface area contributed by atoms with E-state index in [1.165, 1.54) is 0 Å². The Balaban J connectivity index is 2.04. The molecule has 2 rings (SSSR count). The Bertz CT molecular complexity index is 518. The minimum atomic E-state index is 0.471. The van der Waals surface area contributed by atoms with Crippen LogP contribution in [0.15, 0.2) is 4.42 Å². The molecule has 2 aromatic rings. The molecule has 0 unspecified atom stereocenters. The number of hydrogen-bond acceptors (Lipinski definition) is 6. The third kappa shape index (κ3) is 3.14. The van der Waals surface area contributed by atoms with Crippen LogP contribution in [0.5, 0.6) is 0 Å². The second-order valence-corrected chi connectivity index (χ2v) is 5.71. The molecule has 5 nitrogen and oxygen atoms in total. The predicted octanol–water partition coefficient (Wildman–Crippen LogP) is 2.35. The van der Waals surface area contributed by atoms with Crippen LogP contribution >= 0.6 is 11.3 Å². The van der Waals surface area contributed by atoms with Crippen LogP contribution in [0.25, 0.3) is 10.8 Å². The number of aromatic nitrogens is 3. The van der Waals surface area contributed by atoms with Crippen molar-refractivity contribution in [1.82, 2.24) is 20.5 Å². The van der Waals surface area contributed by atoms with Crippen LogP contribution in [0, 0.1) is 13.8 Å². The molecule has 0 aliphatic rings. The van der Waals surface area contributed by atoms with E-state index in [1.54, 1.807) is 11.3 Å². The summed E-state index contributed by atoms with van der Waals surface area (Å²) in [5.41, 5.74) is 0.952.